The van der Waals surface area contributed by atoms with Gasteiger partial charge in [-0.2, -0.15) is 0 Å². The van der Waals surface area contributed by atoms with Crippen LogP contribution < -0.4 is 5.32 Å². The quantitative estimate of drug-likeness (QED) is 0.695. The van der Waals surface area contributed by atoms with E-state index in [1.807, 2.05) is 6.92 Å². The van der Waals surface area contributed by atoms with Crippen LogP contribution in [0.5, 0.6) is 0 Å². The molecule has 4 nitrogen and oxygen atoms in total. The standard InChI is InChI=1S/C12H23NO3/c1-3-11(12(14)15-2)9-13-8-10-4-6-16-7-5-10/h10-11,13H,3-9H2,1-2H3. The van der Waals surface area contributed by atoms with Crippen molar-refractivity contribution in [2.24, 2.45) is 11.8 Å². The molecule has 0 bridgehead atoms. The second kappa shape index (κ2) is 7.63. The molecule has 1 aliphatic rings. The third-order valence-corrected chi connectivity index (χ3v) is 3.19. The Balaban J connectivity index is 2.14. The number of hydrogen-bond acceptors (Lipinski definition) is 4. The van der Waals surface area contributed by atoms with Gasteiger partial charge in [0.25, 0.3) is 0 Å². The van der Waals surface area contributed by atoms with Gasteiger partial charge in [-0.25, -0.2) is 0 Å². The summed E-state index contributed by atoms with van der Waals surface area (Å²) in [4.78, 5) is 11.3. The number of carbonyl (C=O) groups excluding carboxylic acids is 1. The van der Waals surface area contributed by atoms with Gasteiger partial charge in [0.05, 0.1) is 13.0 Å². The molecule has 0 amide bonds. The maximum atomic E-state index is 11.3. The van der Waals surface area contributed by atoms with Crippen LogP contribution in [0.25, 0.3) is 0 Å². The van der Waals surface area contributed by atoms with Crippen LogP contribution in [0.2, 0.25) is 0 Å². The van der Waals surface area contributed by atoms with E-state index in [1.165, 1.54) is 7.11 Å². The average molecular weight is 229 g/mol. The molecule has 4 heteroatoms. The summed E-state index contributed by atoms with van der Waals surface area (Å²) >= 11 is 0. The highest BCUT2D eigenvalue weighted by molar-refractivity contribution is 5.72. The Hall–Kier alpha value is -0.610. The number of carbonyl (C=O) groups is 1. The molecule has 1 unspecified atom stereocenters. The van der Waals surface area contributed by atoms with Gasteiger partial charge in [0.15, 0.2) is 0 Å². The fourth-order valence-electron chi connectivity index (χ4n) is 1.97. The van der Waals surface area contributed by atoms with Crippen molar-refractivity contribution in [2.45, 2.75) is 26.2 Å². The minimum Gasteiger partial charge on any atom is -0.469 e. The molecular weight excluding hydrogens is 206 g/mol. The van der Waals surface area contributed by atoms with E-state index in [0.717, 1.165) is 45.6 Å². The van der Waals surface area contributed by atoms with Crippen LogP contribution in [-0.2, 0) is 14.3 Å². The molecule has 1 fully saturated rings. The van der Waals surface area contributed by atoms with E-state index in [0.29, 0.717) is 5.92 Å². The van der Waals surface area contributed by atoms with E-state index >= 15 is 0 Å². The molecule has 0 aromatic rings. The molecule has 0 aromatic heterocycles. The summed E-state index contributed by atoms with van der Waals surface area (Å²) in [6.45, 7) is 5.47. The molecule has 0 spiro atoms. The van der Waals surface area contributed by atoms with Crippen LogP contribution in [0.15, 0.2) is 0 Å². The van der Waals surface area contributed by atoms with Gasteiger partial charge >= 0.3 is 5.97 Å². The summed E-state index contributed by atoms with van der Waals surface area (Å²) in [6, 6.07) is 0. The Morgan fingerprint density at radius 2 is 2.19 bits per heavy atom. The Morgan fingerprint density at radius 3 is 2.75 bits per heavy atom. The van der Waals surface area contributed by atoms with Gasteiger partial charge in [-0.05, 0) is 31.7 Å². The fraction of sp³-hybridized carbons (Fsp3) is 0.917. The minimum atomic E-state index is -0.109. The molecule has 16 heavy (non-hydrogen) atoms. The number of rotatable bonds is 6. The maximum absolute atomic E-state index is 11.3. The molecule has 1 N–H and O–H groups in total. The predicted octanol–water partition coefficient (Wildman–Crippen LogP) is 1.20. The number of methoxy groups -OCH3 is 1. The number of ether oxygens (including phenoxy) is 2. The molecule has 0 radical (unpaired) electrons. The minimum absolute atomic E-state index is 0.00941. The first-order valence-electron chi connectivity index (χ1n) is 6.14. The Morgan fingerprint density at radius 1 is 1.50 bits per heavy atom. The topological polar surface area (TPSA) is 47.6 Å². The van der Waals surface area contributed by atoms with Crippen molar-refractivity contribution in [2.75, 3.05) is 33.4 Å². The lowest BCUT2D eigenvalue weighted by molar-refractivity contribution is -0.145. The molecule has 0 saturated carbocycles. The van der Waals surface area contributed by atoms with Gasteiger partial charge in [0.2, 0.25) is 0 Å². The van der Waals surface area contributed by atoms with E-state index in [2.05, 4.69) is 5.32 Å². The zero-order valence-corrected chi connectivity index (χ0v) is 10.3. The van der Waals surface area contributed by atoms with E-state index in [-0.39, 0.29) is 11.9 Å². The van der Waals surface area contributed by atoms with Crippen LogP contribution in [-0.4, -0.2) is 39.4 Å². The summed E-state index contributed by atoms with van der Waals surface area (Å²) in [5.74, 6) is 0.579. The van der Waals surface area contributed by atoms with Gasteiger partial charge in [0, 0.05) is 19.8 Å². The fourth-order valence-corrected chi connectivity index (χ4v) is 1.97. The Labute approximate surface area is 97.7 Å². The Bertz CT molecular complexity index is 202. The summed E-state index contributed by atoms with van der Waals surface area (Å²) in [6.07, 6.45) is 3.08. The molecule has 1 aliphatic heterocycles. The molecule has 1 saturated heterocycles. The zero-order chi connectivity index (χ0) is 11.8. The lowest BCUT2D eigenvalue weighted by atomic mass is 10.00. The van der Waals surface area contributed by atoms with E-state index in [4.69, 9.17) is 9.47 Å². The summed E-state index contributed by atoms with van der Waals surface area (Å²) in [5.41, 5.74) is 0. The van der Waals surface area contributed by atoms with Crippen LogP contribution in [0, 0.1) is 11.8 Å². The molecule has 0 aliphatic carbocycles. The van der Waals surface area contributed by atoms with Crippen molar-refractivity contribution in [1.82, 2.24) is 5.32 Å². The third kappa shape index (κ3) is 4.49. The van der Waals surface area contributed by atoms with Crippen molar-refractivity contribution >= 4 is 5.97 Å². The lowest BCUT2D eigenvalue weighted by Gasteiger charge is -2.23. The van der Waals surface area contributed by atoms with Gasteiger partial charge in [-0.15, -0.1) is 0 Å². The highest BCUT2D eigenvalue weighted by Gasteiger charge is 2.18. The predicted molar refractivity (Wildman–Crippen MR) is 62.2 cm³/mol. The van der Waals surface area contributed by atoms with Crippen molar-refractivity contribution in [3.8, 4) is 0 Å². The van der Waals surface area contributed by atoms with Gasteiger partial charge < -0.3 is 14.8 Å². The smallest absolute Gasteiger partial charge is 0.309 e. The van der Waals surface area contributed by atoms with Crippen LogP contribution in [0.1, 0.15) is 26.2 Å². The van der Waals surface area contributed by atoms with E-state index in [9.17, 15) is 4.79 Å². The molecule has 94 valence electrons. The molecule has 0 aromatic carbocycles. The maximum Gasteiger partial charge on any atom is 0.309 e. The second-order valence-corrected chi connectivity index (χ2v) is 4.34. The van der Waals surface area contributed by atoms with Crippen LogP contribution in [0.4, 0.5) is 0 Å². The second-order valence-electron chi connectivity index (χ2n) is 4.34. The van der Waals surface area contributed by atoms with Crippen LogP contribution >= 0.6 is 0 Å². The summed E-state index contributed by atoms with van der Waals surface area (Å²) < 4.78 is 10.0. The van der Waals surface area contributed by atoms with Crippen molar-refractivity contribution < 1.29 is 14.3 Å². The molecule has 1 atom stereocenters. The molecule has 1 heterocycles. The molecule has 1 rings (SSSR count). The first-order valence-corrected chi connectivity index (χ1v) is 6.14. The van der Waals surface area contributed by atoms with Gasteiger partial charge in [-0.3, -0.25) is 4.79 Å². The van der Waals surface area contributed by atoms with Gasteiger partial charge in [-0.1, -0.05) is 6.92 Å². The summed E-state index contributed by atoms with van der Waals surface area (Å²) in [7, 11) is 1.45. The highest BCUT2D eigenvalue weighted by atomic mass is 16.5. The zero-order valence-electron chi connectivity index (χ0n) is 10.3. The first-order chi connectivity index (χ1) is 7.77. The van der Waals surface area contributed by atoms with E-state index in [1.54, 1.807) is 0 Å². The first kappa shape index (κ1) is 13.5. The average Bonchev–Trinajstić information content (AvgIpc) is 2.35. The largest absolute Gasteiger partial charge is 0.469 e. The van der Waals surface area contributed by atoms with Crippen molar-refractivity contribution in [3.63, 3.8) is 0 Å². The Kier molecular flexibility index (Phi) is 6.42. The third-order valence-electron chi connectivity index (χ3n) is 3.19. The highest BCUT2D eigenvalue weighted by Crippen LogP contribution is 2.13. The number of nitrogens with one attached hydrogen (secondary N) is 1. The van der Waals surface area contributed by atoms with E-state index < -0.39 is 0 Å². The number of hydrogen-bond donors (Lipinski definition) is 1. The van der Waals surface area contributed by atoms with Crippen molar-refractivity contribution in [1.29, 1.82) is 0 Å². The monoisotopic (exact) mass is 229 g/mol. The SMILES string of the molecule is CCC(CNCC1CCOCC1)C(=O)OC. The molecular formula is C12H23NO3. The summed E-state index contributed by atoms with van der Waals surface area (Å²) in [5, 5.41) is 3.36. The lowest BCUT2D eigenvalue weighted by Crippen LogP contribution is -2.34. The van der Waals surface area contributed by atoms with Gasteiger partial charge in [0.1, 0.15) is 0 Å². The normalized spacial score (nSPS) is 19.4. The van der Waals surface area contributed by atoms with Crippen LogP contribution in [0.3, 0.4) is 0 Å². The van der Waals surface area contributed by atoms with Crippen molar-refractivity contribution in [3.05, 3.63) is 0 Å². The number of esters is 1.